The van der Waals surface area contributed by atoms with Gasteiger partial charge in [-0.2, -0.15) is 0 Å². The molecule has 0 aromatic heterocycles. The lowest BCUT2D eigenvalue weighted by molar-refractivity contribution is -0.122. The Kier molecular flexibility index (Phi) is 6.36. The summed E-state index contributed by atoms with van der Waals surface area (Å²) in [6.45, 7) is 4.07. The predicted octanol–water partition coefficient (Wildman–Crippen LogP) is 1.13. The molecular formula is C14H21N3O4S. The molecule has 0 aliphatic rings. The van der Waals surface area contributed by atoms with Crippen molar-refractivity contribution >= 4 is 27.5 Å². The van der Waals surface area contributed by atoms with Crippen LogP contribution in [0.4, 0.5) is 10.5 Å². The summed E-state index contributed by atoms with van der Waals surface area (Å²) >= 11 is 0. The highest BCUT2D eigenvalue weighted by Crippen LogP contribution is 2.13. The normalized spacial score (nSPS) is 12.3. The van der Waals surface area contributed by atoms with E-state index in [0.717, 1.165) is 12.7 Å². The highest BCUT2D eigenvalue weighted by Gasteiger charge is 2.15. The predicted molar refractivity (Wildman–Crippen MR) is 84.5 cm³/mol. The SMILES string of the molecule is CCCNC(=O)[C@H](C)NC(=O)Nc1ccc(S(C)(=O)=O)cc1. The van der Waals surface area contributed by atoms with E-state index in [1.165, 1.54) is 24.3 Å². The van der Waals surface area contributed by atoms with E-state index in [1.54, 1.807) is 6.92 Å². The molecule has 3 amide bonds. The van der Waals surface area contributed by atoms with Crippen LogP contribution in [-0.4, -0.2) is 39.2 Å². The van der Waals surface area contributed by atoms with Crippen molar-refractivity contribution in [2.45, 2.75) is 31.2 Å². The first kappa shape index (κ1) is 18.0. The molecule has 1 atom stereocenters. The van der Waals surface area contributed by atoms with E-state index in [-0.39, 0.29) is 10.8 Å². The van der Waals surface area contributed by atoms with E-state index in [2.05, 4.69) is 16.0 Å². The molecule has 0 saturated heterocycles. The molecule has 1 aromatic carbocycles. The van der Waals surface area contributed by atoms with Gasteiger partial charge in [-0.05, 0) is 37.6 Å². The van der Waals surface area contributed by atoms with Gasteiger partial charge in [-0.3, -0.25) is 4.79 Å². The van der Waals surface area contributed by atoms with Gasteiger partial charge in [0.25, 0.3) is 0 Å². The van der Waals surface area contributed by atoms with Crippen molar-refractivity contribution in [3.63, 3.8) is 0 Å². The summed E-state index contributed by atoms with van der Waals surface area (Å²) in [5, 5.41) is 7.72. The Morgan fingerprint density at radius 3 is 2.27 bits per heavy atom. The minimum atomic E-state index is -3.27. The molecule has 122 valence electrons. The standard InChI is InChI=1S/C14H21N3O4S/c1-4-9-15-13(18)10(2)16-14(19)17-11-5-7-12(8-6-11)22(3,20)21/h5-8,10H,4,9H2,1-3H3,(H,15,18)(H2,16,17,19)/t10-/m0/s1. The van der Waals surface area contributed by atoms with Crippen LogP contribution in [0.1, 0.15) is 20.3 Å². The van der Waals surface area contributed by atoms with Crippen molar-refractivity contribution in [1.82, 2.24) is 10.6 Å². The van der Waals surface area contributed by atoms with Gasteiger partial charge in [-0.1, -0.05) is 6.92 Å². The number of hydrogen-bond acceptors (Lipinski definition) is 4. The number of hydrogen-bond donors (Lipinski definition) is 3. The number of sulfone groups is 1. The minimum absolute atomic E-state index is 0.172. The molecule has 3 N–H and O–H groups in total. The van der Waals surface area contributed by atoms with Crippen LogP contribution in [0.15, 0.2) is 29.2 Å². The van der Waals surface area contributed by atoms with Gasteiger partial charge in [0.1, 0.15) is 6.04 Å². The summed E-state index contributed by atoms with van der Waals surface area (Å²) in [6.07, 6.45) is 1.93. The average molecular weight is 327 g/mol. The maximum atomic E-state index is 11.8. The molecular weight excluding hydrogens is 306 g/mol. The van der Waals surface area contributed by atoms with Crippen LogP contribution in [-0.2, 0) is 14.6 Å². The van der Waals surface area contributed by atoms with Gasteiger partial charge in [0.15, 0.2) is 9.84 Å². The average Bonchev–Trinajstić information content (AvgIpc) is 2.44. The molecule has 0 radical (unpaired) electrons. The van der Waals surface area contributed by atoms with Gasteiger partial charge < -0.3 is 16.0 Å². The lowest BCUT2D eigenvalue weighted by Gasteiger charge is -2.14. The van der Waals surface area contributed by atoms with Gasteiger partial charge in [0.05, 0.1) is 4.90 Å². The third-order valence-corrected chi connectivity index (χ3v) is 3.96. The summed E-state index contributed by atoms with van der Waals surface area (Å²) in [6, 6.07) is 4.58. The Hall–Kier alpha value is -2.09. The van der Waals surface area contributed by atoms with Crippen molar-refractivity contribution < 1.29 is 18.0 Å². The molecule has 0 aliphatic carbocycles. The number of rotatable bonds is 6. The van der Waals surface area contributed by atoms with Crippen LogP contribution in [0.25, 0.3) is 0 Å². The fourth-order valence-corrected chi connectivity index (χ4v) is 2.25. The first-order valence-electron chi connectivity index (χ1n) is 6.89. The van der Waals surface area contributed by atoms with Crippen molar-refractivity contribution in [3.05, 3.63) is 24.3 Å². The zero-order chi connectivity index (χ0) is 16.8. The molecule has 7 nitrogen and oxygen atoms in total. The van der Waals surface area contributed by atoms with E-state index >= 15 is 0 Å². The zero-order valence-electron chi connectivity index (χ0n) is 12.8. The monoisotopic (exact) mass is 327 g/mol. The first-order valence-corrected chi connectivity index (χ1v) is 8.78. The van der Waals surface area contributed by atoms with Crippen LogP contribution >= 0.6 is 0 Å². The van der Waals surface area contributed by atoms with Crippen LogP contribution in [0.3, 0.4) is 0 Å². The molecule has 0 fully saturated rings. The Morgan fingerprint density at radius 2 is 1.77 bits per heavy atom. The quantitative estimate of drug-likeness (QED) is 0.728. The summed E-state index contributed by atoms with van der Waals surface area (Å²) < 4.78 is 22.7. The van der Waals surface area contributed by atoms with E-state index in [0.29, 0.717) is 12.2 Å². The number of anilines is 1. The number of carbonyl (C=O) groups is 2. The van der Waals surface area contributed by atoms with Gasteiger partial charge >= 0.3 is 6.03 Å². The van der Waals surface area contributed by atoms with E-state index < -0.39 is 21.9 Å². The largest absolute Gasteiger partial charge is 0.354 e. The first-order chi connectivity index (χ1) is 10.2. The second-order valence-corrected chi connectivity index (χ2v) is 6.92. The lowest BCUT2D eigenvalue weighted by atomic mass is 10.3. The van der Waals surface area contributed by atoms with Gasteiger partial charge in [-0.25, -0.2) is 13.2 Å². The fraction of sp³-hybridized carbons (Fsp3) is 0.429. The highest BCUT2D eigenvalue weighted by molar-refractivity contribution is 7.90. The molecule has 22 heavy (non-hydrogen) atoms. The minimum Gasteiger partial charge on any atom is -0.354 e. The van der Waals surface area contributed by atoms with Crippen LogP contribution in [0, 0.1) is 0 Å². The summed E-state index contributed by atoms with van der Waals surface area (Å²) in [5.41, 5.74) is 0.436. The second kappa shape index (κ2) is 7.79. The van der Waals surface area contributed by atoms with Gasteiger partial charge in [0, 0.05) is 18.5 Å². The molecule has 0 spiro atoms. The lowest BCUT2D eigenvalue weighted by Crippen LogP contribution is -2.46. The summed E-state index contributed by atoms with van der Waals surface area (Å²) in [5.74, 6) is -0.260. The Labute approximate surface area is 130 Å². The van der Waals surface area contributed by atoms with Crippen LogP contribution < -0.4 is 16.0 Å². The molecule has 1 rings (SSSR count). The second-order valence-electron chi connectivity index (χ2n) is 4.91. The molecule has 1 aromatic rings. The molecule has 0 saturated carbocycles. The molecule has 0 aliphatic heterocycles. The van der Waals surface area contributed by atoms with Crippen molar-refractivity contribution in [3.8, 4) is 0 Å². The van der Waals surface area contributed by atoms with Crippen LogP contribution in [0.5, 0.6) is 0 Å². The van der Waals surface area contributed by atoms with Crippen molar-refractivity contribution in [2.24, 2.45) is 0 Å². The maximum absolute atomic E-state index is 11.8. The third kappa shape index (κ3) is 5.72. The Morgan fingerprint density at radius 1 is 1.18 bits per heavy atom. The molecule has 8 heteroatoms. The smallest absolute Gasteiger partial charge is 0.319 e. The van der Waals surface area contributed by atoms with E-state index in [4.69, 9.17) is 0 Å². The number of amides is 3. The van der Waals surface area contributed by atoms with Gasteiger partial charge in [-0.15, -0.1) is 0 Å². The zero-order valence-corrected chi connectivity index (χ0v) is 13.7. The summed E-state index contributed by atoms with van der Waals surface area (Å²) in [4.78, 5) is 23.6. The molecule has 0 heterocycles. The highest BCUT2D eigenvalue weighted by atomic mass is 32.2. The molecule has 0 bridgehead atoms. The number of benzene rings is 1. The number of urea groups is 1. The van der Waals surface area contributed by atoms with Crippen molar-refractivity contribution in [1.29, 1.82) is 0 Å². The number of carbonyl (C=O) groups excluding carboxylic acids is 2. The Bertz CT molecular complexity index is 626. The topological polar surface area (TPSA) is 104 Å². The van der Waals surface area contributed by atoms with E-state index in [9.17, 15) is 18.0 Å². The van der Waals surface area contributed by atoms with Crippen LogP contribution in [0.2, 0.25) is 0 Å². The summed E-state index contributed by atoms with van der Waals surface area (Å²) in [7, 11) is -3.27. The third-order valence-electron chi connectivity index (χ3n) is 2.83. The fourth-order valence-electron chi connectivity index (χ4n) is 1.62. The van der Waals surface area contributed by atoms with Gasteiger partial charge in [0.2, 0.25) is 5.91 Å². The van der Waals surface area contributed by atoms with Crippen molar-refractivity contribution in [2.75, 3.05) is 18.1 Å². The van der Waals surface area contributed by atoms with E-state index in [1.807, 2.05) is 6.92 Å². The number of nitrogens with one attached hydrogen (secondary N) is 3. The maximum Gasteiger partial charge on any atom is 0.319 e. The Balaban J connectivity index is 2.56. The molecule has 0 unspecified atom stereocenters.